The molecule has 1 aromatic rings. The zero-order chi connectivity index (χ0) is 14.5. The van der Waals surface area contributed by atoms with Gasteiger partial charge in [-0.25, -0.2) is 0 Å². The maximum atomic E-state index is 12.1. The van der Waals surface area contributed by atoms with Gasteiger partial charge in [-0.2, -0.15) is 0 Å². The van der Waals surface area contributed by atoms with E-state index in [0.29, 0.717) is 12.5 Å². The Hall–Kier alpha value is -1.88. The van der Waals surface area contributed by atoms with E-state index in [9.17, 15) is 9.59 Å². The minimum Gasteiger partial charge on any atom is -0.352 e. The van der Waals surface area contributed by atoms with Crippen LogP contribution in [0.3, 0.4) is 0 Å². The average molecular weight is 275 g/mol. The smallest absolute Gasteiger partial charge is 0.227 e. The molecule has 20 heavy (non-hydrogen) atoms. The number of rotatable bonds is 5. The molecule has 5 heteroatoms. The number of carbonyl (C=O) groups is 2. The zero-order valence-corrected chi connectivity index (χ0v) is 11.9. The van der Waals surface area contributed by atoms with Crippen molar-refractivity contribution in [1.29, 1.82) is 0 Å². The first-order chi connectivity index (χ1) is 9.56. The molecule has 1 fully saturated rings. The van der Waals surface area contributed by atoms with Crippen LogP contribution >= 0.6 is 0 Å². The molecular weight excluding hydrogens is 254 g/mol. The Balaban J connectivity index is 1.86. The van der Waals surface area contributed by atoms with E-state index in [1.54, 1.807) is 0 Å². The third-order valence-electron chi connectivity index (χ3n) is 3.70. The SMILES string of the molecule is CC(=O)NCc1ccc(NC(=O)C(C)C2CNC2)cc1. The average Bonchev–Trinajstić information content (AvgIpc) is 2.35. The summed E-state index contributed by atoms with van der Waals surface area (Å²) in [5.41, 5.74) is 1.80. The van der Waals surface area contributed by atoms with Gasteiger partial charge >= 0.3 is 0 Å². The van der Waals surface area contributed by atoms with Crippen LogP contribution in [0.15, 0.2) is 24.3 Å². The lowest BCUT2D eigenvalue weighted by Crippen LogP contribution is -2.48. The third kappa shape index (κ3) is 3.81. The summed E-state index contributed by atoms with van der Waals surface area (Å²) < 4.78 is 0. The molecule has 1 atom stereocenters. The van der Waals surface area contributed by atoms with Crippen LogP contribution in [0.1, 0.15) is 19.4 Å². The molecule has 0 spiro atoms. The Morgan fingerprint density at radius 1 is 1.30 bits per heavy atom. The van der Waals surface area contributed by atoms with E-state index >= 15 is 0 Å². The van der Waals surface area contributed by atoms with Gasteiger partial charge in [-0.05, 0) is 36.7 Å². The lowest BCUT2D eigenvalue weighted by Gasteiger charge is -2.31. The lowest BCUT2D eigenvalue weighted by molar-refractivity contribution is -0.121. The molecule has 108 valence electrons. The summed E-state index contributed by atoms with van der Waals surface area (Å²) in [5.74, 6) is 0.473. The molecule has 2 amide bonds. The summed E-state index contributed by atoms with van der Waals surface area (Å²) in [5, 5.41) is 8.84. The summed E-state index contributed by atoms with van der Waals surface area (Å²) >= 11 is 0. The van der Waals surface area contributed by atoms with Crippen LogP contribution in [-0.2, 0) is 16.1 Å². The molecule has 1 saturated heterocycles. The maximum absolute atomic E-state index is 12.1. The van der Waals surface area contributed by atoms with Crippen molar-refractivity contribution < 1.29 is 9.59 Å². The highest BCUT2D eigenvalue weighted by Gasteiger charge is 2.28. The largest absolute Gasteiger partial charge is 0.352 e. The van der Waals surface area contributed by atoms with E-state index in [-0.39, 0.29) is 17.7 Å². The van der Waals surface area contributed by atoms with Gasteiger partial charge in [0, 0.05) is 25.1 Å². The Morgan fingerprint density at radius 2 is 1.95 bits per heavy atom. The summed E-state index contributed by atoms with van der Waals surface area (Å²) in [6.45, 7) is 5.81. The number of benzene rings is 1. The van der Waals surface area contributed by atoms with Crippen LogP contribution in [0.2, 0.25) is 0 Å². The van der Waals surface area contributed by atoms with E-state index in [1.807, 2.05) is 31.2 Å². The molecular formula is C15H21N3O2. The van der Waals surface area contributed by atoms with Gasteiger partial charge in [-0.3, -0.25) is 9.59 Å². The fourth-order valence-corrected chi connectivity index (χ4v) is 2.07. The standard InChI is InChI=1S/C15H21N3O2/c1-10(13-8-16-9-13)15(20)18-14-5-3-12(4-6-14)7-17-11(2)19/h3-6,10,13,16H,7-9H2,1-2H3,(H,17,19)(H,18,20). The Bertz CT molecular complexity index is 480. The van der Waals surface area contributed by atoms with Gasteiger partial charge in [0.25, 0.3) is 0 Å². The van der Waals surface area contributed by atoms with Gasteiger partial charge in [0.1, 0.15) is 0 Å². The van der Waals surface area contributed by atoms with Crippen molar-refractivity contribution in [2.24, 2.45) is 11.8 Å². The van der Waals surface area contributed by atoms with Crippen LogP contribution in [0.25, 0.3) is 0 Å². The van der Waals surface area contributed by atoms with Crippen molar-refractivity contribution in [3.05, 3.63) is 29.8 Å². The minimum absolute atomic E-state index is 0.0234. The number of hydrogen-bond acceptors (Lipinski definition) is 3. The molecule has 0 aliphatic carbocycles. The fraction of sp³-hybridized carbons (Fsp3) is 0.467. The Labute approximate surface area is 119 Å². The molecule has 5 nitrogen and oxygen atoms in total. The van der Waals surface area contributed by atoms with Crippen molar-refractivity contribution in [2.75, 3.05) is 18.4 Å². The predicted octanol–water partition coefficient (Wildman–Crippen LogP) is 1.12. The van der Waals surface area contributed by atoms with Crippen molar-refractivity contribution in [3.8, 4) is 0 Å². The van der Waals surface area contributed by atoms with E-state index in [2.05, 4.69) is 16.0 Å². The van der Waals surface area contributed by atoms with E-state index in [1.165, 1.54) is 6.92 Å². The first-order valence-corrected chi connectivity index (χ1v) is 6.91. The van der Waals surface area contributed by atoms with Crippen molar-refractivity contribution >= 4 is 17.5 Å². The quantitative estimate of drug-likeness (QED) is 0.754. The molecule has 1 unspecified atom stereocenters. The first-order valence-electron chi connectivity index (χ1n) is 6.91. The molecule has 2 rings (SSSR count). The molecule has 1 aliphatic rings. The van der Waals surface area contributed by atoms with Crippen LogP contribution in [0.5, 0.6) is 0 Å². The number of nitrogens with one attached hydrogen (secondary N) is 3. The highest BCUT2D eigenvalue weighted by atomic mass is 16.2. The number of anilines is 1. The van der Waals surface area contributed by atoms with Gasteiger partial charge in [0.2, 0.25) is 11.8 Å². The molecule has 0 bridgehead atoms. The van der Waals surface area contributed by atoms with Gasteiger partial charge in [0.15, 0.2) is 0 Å². The van der Waals surface area contributed by atoms with Crippen LogP contribution in [0, 0.1) is 11.8 Å². The first kappa shape index (κ1) is 14.5. The second kappa shape index (κ2) is 6.52. The van der Waals surface area contributed by atoms with Crippen LogP contribution in [0.4, 0.5) is 5.69 Å². The van der Waals surface area contributed by atoms with Crippen molar-refractivity contribution in [3.63, 3.8) is 0 Å². The number of hydrogen-bond donors (Lipinski definition) is 3. The van der Waals surface area contributed by atoms with Gasteiger partial charge in [0.05, 0.1) is 0 Å². The molecule has 3 N–H and O–H groups in total. The zero-order valence-electron chi connectivity index (χ0n) is 11.9. The minimum atomic E-state index is -0.0506. The van der Waals surface area contributed by atoms with Gasteiger partial charge in [-0.1, -0.05) is 19.1 Å². The number of carbonyl (C=O) groups excluding carboxylic acids is 2. The third-order valence-corrected chi connectivity index (χ3v) is 3.70. The Kier molecular flexibility index (Phi) is 4.74. The highest BCUT2D eigenvalue weighted by Crippen LogP contribution is 2.18. The molecule has 1 heterocycles. The molecule has 0 aromatic heterocycles. The topological polar surface area (TPSA) is 70.2 Å². The highest BCUT2D eigenvalue weighted by molar-refractivity contribution is 5.92. The maximum Gasteiger partial charge on any atom is 0.227 e. The Morgan fingerprint density at radius 3 is 2.45 bits per heavy atom. The van der Waals surface area contributed by atoms with Crippen molar-refractivity contribution in [2.45, 2.75) is 20.4 Å². The molecule has 0 radical (unpaired) electrons. The monoisotopic (exact) mass is 275 g/mol. The number of amides is 2. The lowest BCUT2D eigenvalue weighted by atomic mass is 9.88. The van der Waals surface area contributed by atoms with Crippen molar-refractivity contribution in [1.82, 2.24) is 10.6 Å². The molecule has 1 aliphatic heterocycles. The van der Waals surface area contributed by atoms with E-state index in [0.717, 1.165) is 24.3 Å². The molecule has 0 saturated carbocycles. The van der Waals surface area contributed by atoms with Gasteiger partial charge < -0.3 is 16.0 Å². The normalized spacial score (nSPS) is 16.1. The predicted molar refractivity (Wildman–Crippen MR) is 78.1 cm³/mol. The summed E-state index contributed by atoms with van der Waals surface area (Å²) in [4.78, 5) is 22.9. The second-order valence-electron chi connectivity index (χ2n) is 5.30. The fourth-order valence-electron chi connectivity index (χ4n) is 2.07. The second-order valence-corrected chi connectivity index (χ2v) is 5.30. The summed E-state index contributed by atoms with van der Waals surface area (Å²) in [7, 11) is 0. The summed E-state index contributed by atoms with van der Waals surface area (Å²) in [6, 6.07) is 7.53. The van der Waals surface area contributed by atoms with E-state index < -0.39 is 0 Å². The molecule has 1 aromatic carbocycles. The van der Waals surface area contributed by atoms with E-state index in [4.69, 9.17) is 0 Å². The van der Waals surface area contributed by atoms with Gasteiger partial charge in [-0.15, -0.1) is 0 Å². The summed E-state index contributed by atoms with van der Waals surface area (Å²) in [6.07, 6.45) is 0. The van der Waals surface area contributed by atoms with Crippen LogP contribution in [-0.4, -0.2) is 24.9 Å². The van der Waals surface area contributed by atoms with Crippen LogP contribution < -0.4 is 16.0 Å².